The minimum Gasteiger partial charge on any atom is -0.250 e. The van der Waals surface area contributed by atoms with Gasteiger partial charge in [-0.3, -0.25) is 0 Å². The summed E-state index contributed by atoms with van der Waals surface area (Å²) in [5.74, 6) is 0.517. The van der Waals surface area contributed by atoms with Crippen molar-refractivity contribution in [2.45, 2.75) is 19.3 Å². The first-order chi connectivity index (χ1) is 8.19. The molecule has 1 aromatic heterocycles. The van der Waals surface area contributed by atoms with Crippen LogP contribution in [0.15, 0.2) is 34.9 Å². The molecule has 0 spiro atoms. The van der Waals surface area contributed by atoms with E-state index < -0.39 is 0 Å². The van der Waals surface area contributed by atoms with Gasteiger partial charge < -0.3 is 0 Å². The SMILES string of the molecule is Cc1ncc(CC(CBr)c2ccc(Br)cc2)s1. The summed E-state index contributed by atoms with van der Waals surface area (Å²) in [5.41, 5.74) is 1.37. The molecular weight excluding hydrogens is 362 g/mol. The molecule has 0 aliphatic rings. The normalized spacial score (nSPS) is 12.6. The molecule has 0 saturated carbocycles. The van der Waals surface area contributed by atoms with Gasteiger partial charge in [-0.05, 0) is 37.0 Å². The fraction of sp³-hybridized carbons (Fsp3) is 0.308. The van der Waals surface area contributed by atoms with Gasteiger partial charge in [0.05, 0.1) is 5.01 Å². The van der Waals surface area contributed by atoms with Crippen LogP contribution in [0.1, 0.15) is 21.4 Å². The second-order valence-electron chi connectivity index (χ2n) is 3.95. The van der Waals surface area contributed by atoms with E-state index in [2.05, 4.69) is 68.0 Å². The Morgan fingerprint density at radius 1 is 1.29 bits per heavy atom. The third kappa shape index (κ3) is 3.63. The van der Waals surface area contributed by atoms with Gasteiger partial charge in [0.25, 0.3) is 0 Å². The topological polar surface area (TPSA) is 12.9 Å². The van der Waals surface area contributed by atoms with Crippen molar-refractivity contribution in [3.05, 3.63) is 50.4 Å². The van der Waals surface area contributed by atoms with Crippen LogP contribution in [-0.4, -0.2) is 10.3 Å². The molecule has 1 heterocycles. The molecule has 0 aliphatic heterocycles. The monoisotopic (exact) mass is 373 g/mol. The van der Waals surface area contributed by atoms with Crippen LogP contribution in [0, 0.1) is 6.92 Å². The van der Waals surface area contributed by atoms with E-state index >= 15 is 0 Å². The number of rotatable bonds is 4. The predicted octanol–water partition coefficient (Wildman–Crippen LogP) is 4.94. The van der Waals surface area contributed by atoms with E-state index in [-0.39, 0.29) is 0 Å². The Morgan fingerprint density at radius 2 is 2.00 bits per heavy atom. The van der Waals surface area contributed by atoms with Crippen molar-refractivity contribution in [3.63, 3.8) is 0 Å². The van der Waals surface area contributed by atoms with Gasteiger partial charge in [-0.15, -0.1) is 11.3 Å². The molecule has 17 heavy (non-hydrogen) atoms. The molecule has 2 rings (SSSR count). The van der Waals surface area contributed by atoms with Gasteiger partial charge >= 0.3 is 0 Å². The highest BCUT2D eigenvalue weighted by molar-refractivity contribution is 9.10. The molecule has 0 amide bonds. The lowest BCUT2D eigenvalue weighted by Crippen LogP contribution is -2.03. The second-order valence-corrected chi connectivity index (χ2v) is 6.83. The van der Waals surface area contributed by atoms with Crippen molar-refractivity contribution in [1.82, 2.24) is 4.98 Å². The second kappa shape index (κ2) is 6.12. The minimum atomic E-state index is 0.517. The average molecular weight is 375 g/mol. The number of halogens is 2. The Hall–Kier alpha value is -0.190. The summed E-state index contributed by atoms with van der Waals surface area (Å²) < 4.78 is 1.13. The van der Waals surface area contributed by atoms with E-state index in [4.69, 9.17) is 0 Å². The summed E-state index contributed by atoms with van der Waals surface area (Å²) in [7, 11) is 0. The smallest absolute Gasteiger partial charge is 0.0896 e. The van der Waals surface area contributed by atoms with Crippen LogP contribution in [-0.2, 0) is 6.42 Å². The van der Waals surface area contributed by atoms with Crippen molar-refractivity contribution < 1.29 is 0 Å². The first-order valence-electron chi connectivity index (χ1n) is 5.42. The Kier molecular flexibility index (Phi) is 4.77. The predicted molar refractivity (Wildman–Crippen MR) is 81.2 cm³/mol. The number of nitrogens with zero attached hydrogens (tertiary/aromatic N) is 1. The number of thiazole rings is 1. The molecule has 0 N–H and O–H groups in total. The van der Waals surface area contributed by atoms with Gasteiger partial charge in [-0.25, -0.2) is 4.98 Å². The van der Waals surface area contributed by atoms with Gasteiger partial charge in [0.2, 0.25) is 0 Å². The van der Waals surface area contributed by atoms with E-state index in [1.165, 1.54) is 10.4 Å². The molecule has 1 atom stereocenters. The number of aromatic nitrogens is 1. The lowest BCUT2D eigenvalue weighted by Gasteiger charge is -2.13. The molecule has 0 aliphatic carbocycles. The fourth-order valence-corrected chi connectivity index (χ4v) is 3.48. The number of hydrogen-bond acceptors (Lipinski definition) is 2. The van der Waals surface area contributed by atoms with Crippen LogP contribution < -0.4 is 0 Å². The van der Waals surface area contributed by atoms with Crippen molar-refractivity contribution in [2.75, 3.05) is 5.33 Å². The molecule has 1 unspecified atom stereocenters. The summed E-state index contributed by atoms with van der Waals surface area (Å²) in [6.45, 7) is 2.05. The molecule has 4 heteroatoms. The molecule has 1 nitrogen and oxygen atoms in total. The Labute approximate surface area is 123 Å². The van der Waals surface area contributed by atoms with Gasteiger partial charge in [0, 0.05) is 20.9 Å². The maximum absolute atomic E-state index is 4.31. The third-order valence-electron chi connectivity index (χ3n) is 2.64. The van der Waals surface area contributed by atoms with Crippen molar-refractivity contribution in [1.29, 1.82) is 0 Å². The number of aryl methyl sites for hydroxylation is 1. The average Bonchev–Trinajstić information content (AvgIpc) is 2.73. The highest BCUT2D eigenvalue weighted by atomic mass is 79.9. The van der Waals surface area contributed by atoms with Crippen molar-refractivity contribution >= 4 is 43.2 Å². The maximum atomic E-state index is 4.31. The third-order valence-corrected chi connectivity index (χ3v) is 4.89. The van der Waals surface area contributed by atoms with Gasteiger partial charge in [-0.1, -0.05) is 44.0 Å². The minimum absolute atomic E-state index is 0.517. The van der Waals surface area contributed by atoms with Crippen molar-refractivity contribution in [2.24, 2.45) is 0 Å². The van der Waals surface area contributed by atoms with Crippen LogP contribution in [0.2, 0.25) is 0 Å². The standard InChI is InChI=1S/C13H13Br2NS/c1-9-16-8-13(17-9)6-11(7-14)10-2-4-12(15)5-3-10/h2-5,8,11H,6-7H2,1H3. The Bertz CT molecular complexity index is 478. The van der Waals surface area contributed by atoms with Gasteiger partial charge in [0.1, 0.15) is 0 Å². The molecule has 0 saturated heterocycles. The van der Waals surface area contributed by atoms with Crippen LogP contribution in [0.4, 0.5) is 0 Å². The zero-order chi connectivity index (χ0) is 12.3. The fourth-order valence-electron chi connectivity index (χ4n) is 1.74. The quantitative estimate of drug-likeness (QED) is 0.691. The van der Waals surface area contributed by atoms with E-state index in [0.717, 1.165) is 21.2 Å². The van der Waals surface area contributed by atoms with Crippen LogP contribution >= 0.6 is 43.2 Å². The van der Waals surface area contributed by atoms with Crippen LogP contribution in [0.25, 0.3) is 0 Å². The van der Waals surface area contributed by atoms with Crippen molar-refractivity contribution in [3.8, 4) is 0 Å². The molecular formula is C13H13Br2NS. The molecule has 90 valence electrons. The van der Waals surface area contributed by atoms with E-state index in [9.17, 15) is 0 Å². The summed E-state index contributed by atoms with van der Waals surface area (Å²) in [5, 5.41) is 2.12. The van der Waals surface area contributed by atoms with E-state index in [0.29, 0.717) is 5.92 Å². The number of benzene rings is 1. The molecule has 0 radical (unpaired) electrons. The molecule has 0 bridgehead atoms. The number of hydrogen-bond donors (Lipinski definition) is 0. The summed E-state index contributed by atoms with van der Waals surface area (Å²) >= 11 is 8.86. The van der Waals surface area contributed by atoms with Crippen LogP contribution in [0.5, 0.6) is 0 Å². The van der Waals surface area contributed by atoms with E-state index in [1.807, 2.05) is 6.20 Å². The zero-order valence-corrected chi connectivity index (χ0v) is 13.5. The Morgan fingerprint density at radius 3 is 2.53 bits per heavy atom. The lowest BCUT2D eigenvalue weighted by molar-refractivity contribution is 0.784. The van der Waals surface area contributed by atoms with Crippen LogP contribution in [0.3, 0.4) is 0 Å². The van der Waals surface area contributed by atoms with Gasteiger partial charge in [-0.2, -0.15) is 0 Å². The molecule has 2 aromatic rings. The summed E-state index contributed by atoms with van der Waals surface area (Å²) in [6, 6.07) is 8.57. The maximum Gasteiger partial charge on any atom is 0.0896 e. The first kappa shape index (κ1) is 13.2. The lowest BCUT2D eigenvalue weighted by atomic mass is 9.97. The summed E-state index contributed by atoms with van der Waals surface area (Å²) in [6.07, 6.45) is 3.05. The highest BCUT2D eigenvalue weighted by Gasteiger charge is 2.12. The van der Waals surface area contributed by atoms with E-state index in [1.54, 1.807) is 11.3 Å². The molecule has 1 aromatic carbocycles. The largest absolute Gasteiger partial charge is 0.250 e. The first-order valence-corrected chi connectivity index (χ1v) is 8.15. The van der Waals surface area contributed by atoms with Gasteiger partial charge in [0.15, 0.2) is 0 Å². The summed E-state index contributed by atoms with van der Waals surface area (Å²) in [4.78, 5) is 5.66. The Balaban J connectivity index is 2.13. The zero-order valence-electron chi connectivity index (χ0n) is 9.49. The highest BCUT2D eigenvalue weighted by Crippen LogP contribution is 2.26. The molecule has 0 fully saturated rings. The number of alkyl halides is 1.